The zero-order valence-corrected chi connectivity index (χ0v) is 13.7. The molecule has 0 atom stereocenters. The smallest absolute Gasteiger partial charge is 0.0671 e. The maximum Gasteiger partial charge on any atom is 0.0791 e. The molecule has 0 bridgehead atoms. The molecule has 0 amide bonds. The molecule has 1 aromatic rings. The Bertz CT molecular complexity index is 330. The Morgan fingerprint density at radius 1 is 0.667 bits per heavy atom. The Morgan fingerprint density at radius 2 is 1.20 bits per heavy atom. The topological polar surface area (TPSA) is 0 Å². The highest BCUT2D eigenvalue weighted by Gasteiger charge is 2.13. The van der Waals surface area contributed by atoms with Crippen LogP contribution in [0.3, 0.4) is 0 Å². The van der Waals surface area contributed by atoms with Gasteiger partial charge >= 0.3 is 0 Å². The minimum atomic E-state index is -0.300. The monoisotopic (exact) mass is 249 g/mol. The Hall–Kier alpha value is -0.129. The zero-order valence-electron chi connectivity index (χ0n) is 10.7. The number of benzene rings is 1. The van der Waals surface area contributed by atoms with E-state index in [0.29, 0.717) is 0 Å². The van der Waals surface area contributed by atoms with E-state index < -0.39 is 0 Å². The summed E-state index contributed by atoms with van der Waals surface area (Å²) in [6.07, 6.45) is 0. The van der Waals surface area contributed by atoms with Gasteiger partial charge in [-0.2, -0.15) is 0 Å². The van der Waals surface area contributed by atoms with E-state index in [1.807, 2.05) is 0 Å². The highest BCUT2D eigenvalue weighted by Crippen LogP contribution is 1.91. The fraction of sp³-hybridized carbons (Fsp3) is 0.500. The summed E-state index contributed by atoms with van der Waals surface area (Å²) in [6.45, 7) is 14.4. The quantitative estimate of drug-likeness (QED) is 0.714. The molecule has 0 nitrogen and oxygen atoms in total. The van der Waals surface area contributed by atoms with E-state index >= 15 is 0 Å². The average molecular weight is 250 g/mol. The van der Waals surface area contributed by atoms with E-state index in [9.17, 15) is 0 Å². The van der Waals surface area contributed by atoms with Crippen molar-refractivity contribution in [1.29, 1.82) is 0 Å². The van der Waals surface area contributed by atoms with Crippen molar-refractivity contribution >= 4 is 42.0 Å². The lowest BCUT2D eigenvalue weighted by atomic mass is 10.3. The Morgan fingerprint density at radius 3 is 1.60 bits per heavy atom. The standard InChI is InChI=1S/C12H21Si3/c1-13(2)10-7-8-11(14(3)4)12(9-10)15(5)6/h7-9H,1-6H3. The van der Waals surface area contributed by atoms with Crippen LogP contribution < -0.4 is 15.6 Å². The molecule has 1 rings (SSSR count). The molecule has 81 valence electrons. The first kappa shape index (κ1) is 12.9. The second-order valence-electron chi connectivity index (χ2n) is 4.76. The van der Waals surface area contributed by atoms with Gasteiger partial charge < -0.3 is 0 Å². The van der Waals surface area contributed by atoms with Gasteiger partial charge in [-0.3, -0.25) is 0 Å². The maximum absolute atomic E-state index is 2.51. The summed E-state index contributed by atoms with van der Waals surface area (Å²) >= 11 is 0. The van der Waals surface area contributed by atoms with Crippen molar-refractivity contribution in [2.75, 3.05) is 0 Å². The fourth-order valence-electron chi connectivity index (χ4n) is 1.70. The van der Waals surface area contributed by atoms with Gasteiger partial charge in [0.05, 0.1) is 26.4 Å². The van der Waals surface area contributed by atoms with Gasteiger partial charge in [0.1, 0.15) is 0 Å². The molecule has 0 N–H and O–H groups in total. The van der Waals surface area contributed by atoms with Crippen molar-refractivity contribution in [3.8, 4) is 0 Å². The van der Waals surface area contributed by atoms with Crippen LogP contribution in [0.25, 0.3) is 0 Å². The van der Waals surface area contributed by atoms with Crippen LogP contribution in [0.1, 0.15) is 0 Å². The second-order valence-corrected chi connectivity index (χ2v) is 12.4. The van der Waals surface area contributed by atoms with Crippen LogP contribution in [-0.2, 0) is 0 Å². The third-order valence-corrected chi connectivity index (χ3v) is 7.39. The van der Waals surface area contributed by atoms with Gasteiger partial charge in [0.25, 0.3) is 0 Å². The first-order chi connectivity index (χ1) is 6.93. The Balaban J connectivity index is 3.21. The summed E-state index contributed by atoms with van der Waals surface area (Å²) in [5.74, 6) is 0. The van der Waals surface area contributed by atoms with Crippen molar-refractivity contribution in [1.82, 2.24) is 0 Å². The summed E-state index contributed by atoms with van der Waals surface area (Å²) in [5, 5.41) is 4.97. The van der Waals surface area contributed by atoms with Gasteiger partial charge in [0, 0.05) is 0 Å². The van der Waals surface area contributed by atoms with Gasteiger partial charge in [-0.25, -0.2) is 0 Å². The van der Waals surface area contributed by atoms with Crippen LogP contribution in [0.5, 0.6) is 0 Å². The Kier molecular flexibility index (Phi) is 4.55. The molecule has 3 heteroatoms. The molecule has 0 aromatic heterocycles. The molecule has 0 spiro atoms. The minimum absolute atomic E-state index is 0.282. The van der Waals surface area contributed by atoms with Gasteiger partial charge in [-0.05, 0) is 0 Å². The molecular formula is C12H21Si3. The van der Waals surface area contributed by atoms with Gasteiger partial charge in [-0.15, -0.1) is 0 Å². The summed E-state index contributed by atoms with van der Waals surface area (Å²) in [6, 6.07) is 7.29. The summed E-state index contributed by atoms with van der Waals surface area (Å²) in [5.41, 5.74) is 0. The predicted octanol–water partition coefficient (Wildman–Crippen LogP) is 1.57. The molecule has 0 aliphatic rings. The maximum atomic E-state index is 2.51. The molecule has 15 heavy (non-hydrogen) atoms. The molecule has 0 aliphatic heterocycles. The second kappa shape index (κ2) is 5.28. The predicted molar refractivity (Wildman–Crippen MR) is 77.8 cm³/mol. The van der Waals surface area contributed by atoms with E-state index in [2.05, 4.69) is 57.5 Å². The van der Waals surface area contributed by atoms with Crippen molar-refractivity contribution in [2.24, 2.45) is 0 Å². The van der Waals surface area contributed by atoms with Crippen molar-refractivity contribution in [3.63, 3.8) is 0 Å². The molecule has 0 saturated heterocycles. The largest absolute Gasteiger partial charge is 0.0791 e. The molecule has 0 saturated carbocycles. The molecule has 3 radical (unpaired) electrons. The molecular weight excluding hydrogens is 228 g/mol. The number of hydrogen-bond acceptors (Lipinski definition) is 0. The van der Waals surface area contributed by atoms with Crippen molar-refractivity contribution < 1.29 is 0 Å². The summed E-state index contributed by atoms with van der Waals surface area (Å²) < 4.78 is 0. The van der Waals surface area contributed by atoms with Crippen LogP contribution >= 0.6 is 0 Å². The zero-order chi connectivity index (χ0) is 11.6. The van der Waals surface area contributed by atoms with Crippen molar-refractivity contribution in [3.05, 3.63) is 18.2 Å². The normalized spacial score (nSPS) is 11.8. The average Bonchev–Trinajstić information content (AvgIpc) is 2.16. The van der Waals surface area contributed by atoms with E-state index in [4.69, 9.17) is 0 Å². The fourth-order valence-corrected chi connectivity index (χ4v) is 6.29. The van der Waals surface area contributed by atoms with E-state index in [0.717, 1.165) is 0 Å². The highest BCUT2D eigenvalue weighted by atomic mass is 28.3. The van der Waals surface area contributed by atoms with Gasteiger partial charge in [-0.1, -0.05) is 73.0 Å². The van der Waals surface area contributed by atoms with Gasteiger partial charge in [0.15, 0.2) is 0 Å². The SMILES string of the molecule is C[Si](C)c1ccc([Si](C)C)c([Si](C)C)c1. The third-order valence-electron chi connectivity index (χ3n) is 2.67. The lowest BCUT2D eigenvalue weighted by molar-refractivity contribution is 1.78. The molecule has 0 aliphatic carbocycles. The highest BCUT2D eigenvalue weighted by molar-refractivity contribution is 6.83. The Labute approximate surface area is 99.6 Å². The van der Waals surface area contributed by atoms with E-state index in [1.165, 1.54) is 0 Å². The lowest BCUT2D eigenvalue weighted by Crippen LogP contribution is -2.47. The molecule has 0 fully saturated rings. The first-order valence-electron chi connectivity index (χ1n) is 5.49. The lowest BCUT2D eigenvalue weighted by Gasteiger charge is -2.16. The van der Waals surface area contributed by atoms with Gasteiger partial charge in [0.2, 0.25) is 0 Å². The molecule has 1 aromatic carbocycles. The van der Waals surface area contributed by atoms with Crippen LogP contribution in [0, 0.1) is 0 Å². The molecule has 0 heterocycles. The van der Waals surface area contributed by atoms with Crippen LogP contribution in [0.4, 0.5) is 0 Å². The summed E-state index contributed by atoms with van der Waals surface area (Å²) in [7, 11) is -0.873. The van der Waals surface area contributed by atoms with E-state index in [1.54, 1.807) is 15.6 Å². The van der Waals surface area contributed by atoms with Crippen molar-refractivity contribution in [2.45, 2.75) is 39.3 Å². The first-order valence-corrected chi connectivity index (χ1v) is 13.0. The van der Waals surface area contributed by atoms with Crippen LogP contribution in [0.15, 0.2) is 18.2 Å². The number of hydrogen-bond donors (Lipinski definition) is 0. The molecule has 0 unspecified atom stereocenters. The number of rotatable bonds is 3. The van der Waals surface area contributed by atoms with E-state index in [-0.39, 0.29) is 26.4 Å². The summed E-state index contributed by atoms with van der Waals surface area (Å²) in [4.78, 5) is 0. The third kappa shape index (κ3) is 3.16. The van der Waals surface area contributed by atoms with Crippen LogP contribution in [0.2, 0.25) is 39.3 Å². The minimum Gasteiger partial charge on any atom is -0.0671 e. The van der Waals surface area contributed by atoms with Crippen LogP contribution in [-0.4, -0.2) is 26.4 Å².